The van der Waals surface area contributed by atoms with Crippen molar-refractivity contribution in [3.63, 3.8) is 0 Å². The molecule has 5 nitrogen and oxygen atoms in total. The Kier molecular flexibility index (Phi) is 3.50. The lowest BCUT2D eigenvalue weighted by atomic mass is 9.80. The summed E-state index contributed by atoms with van der Waals surface area (Å²) >= 11 is 0. The van der Waals surface area contributed by atoms with E-state index in [1.807, 2.05) is 24.3 Å². The maximum absolute atomic E-state index is 13.1. The van der Waals surface area contributed by atoms with E-state index >= 15 is 0 Å². The van der Waals surface area contributed by atoms with Gasteiger partial charge in [0.25, 0.3) is 0 Å². The second kappa shape index (κ2) is 5.70. The number of hydrogen-bond donors (Lipinski definition) is 0. The predicted molar refractivity (Wildman–Crippen MR) is 90.4 cm³/mol. The standard InChI is InChI=1S/C20H15NO4/c22-17-13-16(19(24)21(17)15-9-5-2-6-10-15)20(12-11-18(23)25-20)14-7-3-1-4-8-14/h1-12,16H,13H2/t16-,20+/m0/s1. The van der Waals surface area contributed by atoms with Gasteiger partial charge in [-0.15, -0.1) is 0 Å². The second-order valence-corrected chi connectivity index (χ2v) is 6.07. The molecule has 1 saturated heterocycles. The highest BCUT2D eigenvalue weighted by molar-refractivity contribution is 6.21. The number of carbonyl (C=O) groups excluding carboxylic acids is 3. The van der Waals surface area contributed by atoms with Crippen molar-refractivity contribution in [2.24, 2.45) is 5.92 Å². The van der Waals surface area contributed by atoms with E-state index in [1.54, 1.807) is 42.5 Å². The molecule has 2 amide bonds. The number of imide groups is 1. The number of para-hydroxylation sites is 1. The highest BCUT2D eigenvalue weighted by Gasteiger charge is 2.55. The van der Waals surface area contributed by atoms with E-state index in [9.17, 15) is 14.4 Å². The maximum Gasteiger partial charge on any atom is 0.331 e. The minimum Gasteiger partial charge on any atom is -0.446 e. The van der Waals surface area contributed by atoms with Crippen LogP contribution in [0.2, 0.25) is 0 Å². The van der Waals surface area contributed by atoms with E-state index in [0.29, 0.717) is 11.3 Å². The number of cyclic esters (lactones) is 1. The number of amides is 2. The Balaban J connectivity index is 1.77. The summed E-state index contributed by atoms with van der Waals surface area (Å²) in [6.07, 6.45) is 2.89. The summed E-state index contributed by atoms with van der Waals surface area (Å²) in [5, 5.41) is 0. The Bertz CT molecular complexity index is 875. The van der Waals surface area contributed by atoms with Gasteiger partial charge in [-0.3, -0.25) is 14.5 Å². The third kappa shape index (κ3) is 2.36. The van der Waals surface area contributed by atoms with Crippen molar-refractivity contribution in [3.8, 4) is 0 Å². The lowest BCUT2D eigenvalue weighted by molar-refractivity contribution is -0.153. The van der Waals surface area contributed by atoms with Crippen LogP contribution in [0.1, 0.15) is 12.0 Å². The smallest absolute Gasteiger partial charge is 0.331 e. The lowest BCUT2D eigenvalue weighted by Crippen LogP contribution is -2.40. The topological polar surface area (TPSA) is 63.7 Å². The van der Waals surface area contributed by atoms with Gasteiger partial charge in [-0.1, -0.05) is 48.5 Å². The van der Waals surface area contributed by atoms with Crippen molar-refractivity contribution >= 4 is 23.5 Å². The highest BCUT2D eigenvalue weighted by atomic mass is 16.6. The average Bonchev–Trinajstić information content (AvgIpc) is 3.17. The minimum atomic E-state index is -1.24. The van der Waals surface area contributed by atoms with E-state index in [4.69, 9.17) is 4.74 Å². The number of benzene rings is 2. The molecule has 5 heteroatoms. The maximum atomic E-state index is 13.1. The molecule has 2 aliphatic rings. The van der Waals surface area contributed by atoms with Gasteiger partial charge in [-0.2, -0.15) is 0 Å². The molecule has 0 bridgehead atoms. The molecule has 0 unspecified atom stereocenters. The monoisotopic (exact) mass is 333 g/mol. The molecule has 0 aromatic heterocycles. The van der Waals surface area contributed by atoms with Gasteiger partial charge in [-0.25, -0.2) is 4.79 Å². The van der Waals surface area contributed by atoms with Crippen LogP contribution in [0.3, 0.4) is 0 Å². The first kappa shape index (κ1) is 15.3. The Hall–Kier alpha value is -3.21. The molecule has 2 aromatic rings. The van der Waals surface area contributed by atoms with E-state index in [2.05, 4.69) is 0 Å². The first-order valence-electron chi connectivity index (χ1n) is 8.01. The highest BCUT2D eigenvalue weighted by Crippen LogP contribution is 2.45. The number of esters is 1. The van der Waals surface area contributed by atoms with Gasteiger partial charge in [0.2, 0.25) is 11.8 Å². The van der Waals surface area contributed by atoms with Crippen molar-refractivity contribution in [2.45, 2.75) is 12.0 Å². The number of hydrogen-bond acceptors (Lipinski definition) is 4. The van der Waals surface area contributed by atoms with E-state index in [0.717, 1.165) is 0 Å². The largest absolute Gasteiger partial charge is 0.446 e. The summed E-state index contributed by atoms with van der Waals surface area (Å²) in [7, 11) is 0. The normalized spacial score (nSPS) is 25.5. The van der Waals surface area contributed by atoms with Crippen molar-refractivity contribution < 1.29 is 19.1 Å². The molecule has 0 aliphatic carbocycles. The SMILES string of the molecule is O=C1C=C[C@@](c2ccccc2)([C@H]2CC(=O)N(c3ccccc3)C2=O)O1. The van der Waals surface area contributed by atoms with Crippen LogP contribution in [0.25, 0.3) is 0 Å². The van der Waals surface area contributed by atoms with E-state index < -0.39 is 17.5 Å². The molecule has 2 aliphatic heterocycles. The van der Waals surface area contributed by atoms with Crippen molar-refractivity contribution in [1.82, 2.24) is 0 Å². The Labute approximate surface area is 144 Å². The van der Waals surface area contributed by atoms with Crippen LogP contribution in [0.5, 0.6) is 0 Å². The van der Waals surface area contributed by atoms with Crippen LogP contribution >= 0.6 is 0 Å². The summed E-state index contributed by atoms with van der Waals surface area (Å²) in [5.74, 6) is -1.96. The van der Waals surface area contributed by atoms with Crippen LogP contribution in [-0.4, -0.2) is 17.8 Å². The summed E-state index contributed by atoms with van der Waals surface area (Å²) in [6, 6.07) is 17.8. The summed E-state index contributed by atoms with van der Waals surface area (Å²) in [6.45, 7) is 0. The second-order valence-electron chi connectivity index (χ2n) is 6.07. The number of carbonyl (C=O) groups is 3. The molecule has 4 rings (SSSR count). The Morgan fingerprint density at radius 3 is 2.16 bits per heavy atom. The Morgan fingerprint density at radius 1 is 0.920 bits per heavy atom. The molecule has 25 heavy (non-hydrogen) atoms. The van der Waals surface area contributed by atoms with Gasteiger partial charge in [0.05, 0.1) is 11.6 Å². The fraction of sp³-hybridized carbons (Fsp3) is 0.150. The van der Waals surface area contributed by atoms with Crippen LogP contribution in [0, 0.1) is 5.92 Å². The zero-order valence-corrected chi connectivity index (χ0v) is 13.3. The fourth-order valence-electron chi connectivity index (χ4n) is 3.48. The quantitative estimate of drug-likeness (QED) is 0.640. The summed E-state index contributed by atoms with van der Waals surface area (Å²) < 4.78 is 5.57. The molecule has 2 aromatic carbocycles. The molecule has 0 N–H and O–H groups in total. The summed E-state index contributed by atoms with van der Waals surface area (Å²) in [5.41, 5.74) is -0.0380. The number of nitrogens with zero attached hydrogens (tertiary/aromatic N) is 1. The number of ether oxygens (including phenoxy) is 1. The molecule has 2 atom stereocenters. The Morgan fingerprint density at radius 2 is 1.56 bits per heavy atom. The molecule has 0 saturated carbocycles. The van der Waals surface area contributed by atoms with Crippen LogP contribution in [-0.2, 0) is 24.7 Å². The van der Waals surface area contributed by atoms with Crippen molar-refractivity contribution in [3.05, 3.63) is 78.4 Å². The molecular formula is C20H15NO4. The zero-order valence-electron chi connectivity index (χ0n) is 13.3. The third-order valence-electron chi connectivity index (χ3n) is 4.64. The summed E-state index contributed by atoms with van der Waals surface area (Å²) in [4.78, 5) is 38.6. The predicted octanol–water partition coefficient (Wildman–Crippen LogP) is 2.57. The molecule has 0 radical (unpaired) electrons. The van der Waals surface area contributed by atoms with Gasteiger partial charge in [0.15, 0.2) is 5.60 Å². The van der Waals surface area contributed by atoms with Crippen molar-refractivity contribution in [2.75, 3.05) is 4.90 Å². The van der Waals surface area contributed by atoms with E-state index in [-0.39, 0.29) is 18.2 Å². The van der Waals surface area contributed by atoms with Gasteiger partial charge >= 0.3 is 5.97 Å². The zero-order chi connectivity index (χ0) is 17.4. The van der Waals surface area contributed by atoms with Crippen LogP contribution in [0.15, 0.2) is 72.8 Å². The molecule has 1 fully saturated rings. The van der Waals surface area contributed by atoms with Crippen LogP contribution in [0.4, 0.5) is 5.69 Å². The number of anilines is 1. The molecule has 0 spiro atoms. The first-order valence-corrected chi connectivity index (χ1v) is 8.01. The van der Waals surface area contributed by atoms with Gasteiger partial charge in [-0.05, 0) is 18.2 Å². The third-order valence-corrected chi connectivity index (χ3v) is 4.64. The van der Waals surface area contributed by atoms with Gasteiger partial charge < -0.3 is 4.74 Å². The molecule has 2 heterocycles. The molecule has 124 valence electrons. The number of rotatable bonds is 3. The first-order chi connectivity index (χ1) is 12.1. The fourth-order valence-corrected chi connectivity index (χ4v) is 3.48. The average molecular weight is 333 g/mol. The molecular weight excluding hydrogens is 318 g/mol. The lowest BCUT2D eigenvalue weighted by Gasteiger charge is -2.31. The van der Waals surface area contributed by atoms with Gasteiger partial charge in [0.1, 0.15) is 0 Å². The minimum absolute atomic E-state index is 0.0136. The van der Waals surface area contributed by atoms with E-state index in [1.165, 1.54) is 11.0 Å². The van der Waals surface area contributed by atoms with Crippen LogP contribution < -0.4 is 4.90 Å². The van der Waals surface area contributed by atoms with Gasteiger partial charge in [0, 0.05) is 18.1 Å². The van der Waals surface area contributed by atoms with Crippen molar-refractivity contribution in [1.29, 1.82) is 0 Å².